The highest BCUT2D eigenvalue weighted by atomic mass is 19.2. The predicted octanol–water partition coefficient (Wildman–Crippen LogP) is 2.80. The molecule has 70 valence electrons. The molecule has 1 atom stereocenters. The van der Waals surface area contributed by atoms with Crippen LogP contribution in [-0.4, -0.2) is 6.04 Å². The molecule has 13 heavy (non-hydrogen) atoms. The zero-order valence-corrected chi connectivity index (χ0v) is 7.63. The monoisotopic (exact) mass is 182 g/mol. The van der Waals surface area contributed by atoms with E-state index in [1.54, 1.807) is 19.1 Å². The Morgan fingerprint density at radius 3 is 2.69 bits per heavy atom. The summed E-state index contributed by atoms with van der Waals surface area (Å²) in [5.41, 5.74) is 1.03. The second-order valence-electron chi connectivity index (χ2n) is 3.17. The van der Waals surface area contributed by atoms with Crippen molar-refractivity contribution in [3.63, 3.8) is 0 Å². The van der Waals surface area contributed by atoms with Gasteiger partial charge in [0, 0.05) is 0 Å². The Bertz CT molecular complexity index is 338. The van der Waals surface area contributed by atoms with Gasteiger partial charge < -0.3 is 9.47 Å². The van der Waals surface area contributed by atoms with Gasteiger partial charge >= 0.3 is 6.04 Å². The summed E-state index contributed by atoms with van der Waals surface area (Å²) >= 11 is 0. The summed E-state index contributed by atoms with van der Waals surface area (Å²) in [5, 5.41) is 0. The topological polar surface area (TPSA) is 18.5 Å². The van der Waals surface area contributed by atoms with Crippen LogP contribution in [0.3, 0.4) is 0 Å². The van der Waals surface area contributed by atoms with E-state index in [4.69, 9.17) is 9.47 Å². The van der Waals surface area contributed by atoms with Crippen molar-refractivity contribution in [3.05, 3.63) is 23.8 Å². The molecule has 0 aliphatic carbocycles. The summed E-state index contributed by atoms with van der Waals surface area (Å²) in [6.07, 6.45) is 0.181. The van der Waals surface area contributed by atoms with Crippen molar-refractivity contribution in [1.82, 2.24) is 0 Å². The Morgan fingerprint density at radius 1 is 1.31 bits per heavy atom. The summed E-state index contributed by atoms with van der Waals surface area (Å²) in [5.74, 6) is 0.972. The van der Waals surface area contributed by atoms with E-state index in [1.807, 2.05) is 13.0 Å². The molecule has 0 radical (unpaired) electrons. The van der Waals surface area contributed by atoms with Crippen molar-refractivity contribution in [1.29, 1.82) is 0 Å². The van der Waals surface area contributed by atoms with E-state index in [1.165, 1.54) is 0 Å². The molecule has 1 heterocycles. The second-order valence-corrected chi connectivity index (χ2v) is 3.17. The molecule has 0 saturated carbocycles. The Hall–Kier alpha value is -1.25. The van der Waals surface area contributed by atoms with E-state index in [0.29, 0.717) is 11.5 Å². The minimum atomic E-state index is -1.96. The first-order chi connectivity index (χ1) is 6.13. The lowest BCUT2D eigenvalue weighted by molar-refractivity contribution is -0.191. The first-order valence-corrected chi connectivity index (χ1v) is 4.30. The Labute approximate surface area is 76.3 Å². The fourth-order valence-corrected chi connectivity index (χ4v) is 1.27. The first kappa shape index (κ1) is 8.35. The molecule has 0 saturated heterocycles. The molecule has 0 aromatic heterocycles. The van der Waals surface area contributed by atoms with Crippen LogP contribution in [0.25, 0.3) is 0 Å². The van der Waals surface area contributed by atoms with Crippen molar-refractivity contribution in [2.45, 2.75) is 26.3 Å². The molecule has 1 aromatic carbocycles. The maximum absolute atomic E-state index is 13.5. The van der Waals surface area contributed by atoms with Crippen LogP contribution in [0, 0.1) is 6.92 Å². The van der Waals surface area contributed by atoms with Gasteiger partial charge in [-0.3, -0.25) is 0 Å². The maximum Gasteiger partial charge on any atom is 0.407 e. The number of aryl methyl sites for hydroxylation is 1. The number of rotatable bonds is 1. The van der Waals surface area contributed by atoms with Crippen LogP contribution in [0.15, 0.2) is 18.2 Å². The van der Waals surface area contributed by atoms with Gasteiger partial charge in [-0.2, -0.15) is 4.39 Å². The van der Waals surface area contributed by atoms with Crippen molar-refractivity contribution < 1.29 is 13.9 Å². The lowest BCUT2D eigenvalue weighted by Crippen LogP contribution is -2.31. The van der Waals surface area contributed by atoms with E-state index >= 15 is 0 Å². The number of alkyl halides is 1. The summed E-state index contributed by atoms with van der Waals surface area (Å²) in [6, 6.07) is 3.40. The molecule has 2 rings (SSSR count). The van der Waals surface area contributed by atoms with Gasteiger partial charge in [0.05, 0.1) is 6.42 Å². The highest BCUT2D eigenvalue weighted by Crippen LogP contribution is 2.41. The molecule has 0 amide bonds. The van der Waals surface area contributed by atoms with E-state index in [2.05, 4.69) is 0 Å². The van der Waals surface area contributed by atoms with Crippen LogP contribution in [0.1, 0.15) is 18.9 Å². The summed E-state index contributed by atoms with van der Waals surface area (Å²) < 4.78 is 23.6. The predicted molar refractivity (Wildman–Crippen MR) is 46.6 cm³/mol. The van der Waals surface area contributed by atoms with Crippen LogP contribution in [0.5, 0.6) is 11.5 Å². The van der Waals surface area contributed by atoms with Gasteiger partial charge in [0.15, 0.2) is 11.5 Å². The standard InChI is InChI=1S/C10H11FO2/c1-3-10(11)12-8-5-4-7(2)6-9(8)13-10/h4-6H,3H2,1-2H3. The number of benzene rings is 1. The molecular weight excluding hydrogens is 171 g/mol. The van der Waals surface area contributed by atoms with Crippen LogP contribution in [0.2, 0.25) is 0 Å². The largest absolute Gasteiger partial charge is 0.423 e. The third kappa shape index (κ3) is 1.34. The Morgan fingerprint density at radius 2 is 2.00 bits per heavy atom. The fraction of sp³-hybridized carbons (Fsp3) is 0.400. The molecule has 1 unspecified atom stereocenters. The average molecular weight is 182 g/mol. The first-order valence-electron chi connectivity index (χ1n) is 4.30. The van der Waals surface area contributed by atoms with E-state index in [9.17, 15) is 4.39 Å². The number of ether oxygens (including phenoxy) is 2. The van der Waals surface area contributed by atoms with Crippen LogP contribution < -0.4 is 9.47 Å². The molecule has 1 aliphatic rings. The lowest BCUT2D eigenvalue weighted by Gasteiger charge is -2.14. The Kier molecular flexibility index (Phi) is 1.68. The normalized spacial score (nSPS) is 24.8. The van der Waals surface area contributed by atoms with Crippen molar-refractivity contribution in [3.8, 4) is 11.5 Å². The number of fused-ring (bicyclic) bond motifs is 1. The van der Waals surface area contributed by atoms with Gasteiger partial charge in [-0.05, 0) is 24.6 Å². The van der Waals surface area contributed by atoms with Gasteiger partial charge in [-0.1, -0.05) is 13.0 Å². The number of hydrogen-bond donors (Lipinski definition) is 0. The molecule has 0 bridgehead atoms. The zero-order valence-electron chi connectivity index (χ0n) is 7.63. The van der Waals surface area contributed by atoms with E-state index < -0.39 is 6.04 Å². The highest BCUT2D eigenvalue weighted by molar-refractivity contribution is 5.45. The van der Waals surface area contributed by atoms with Crippen molar-refractivity contribution in [2.24, 2.45) is 0 Å². The fourth-order valence-electron chi connectivity index (χ4n) is 1.27. The molecule has 0 fully saturated rings. The molecule has 0 N–H and O–H groups in total. The Balaban J connectivity index is 2.35. The molecule has 1 aliphatic heterocycles. The minimum Gasteiger partial charge on any atom is -0.423 e. The number of halogens is 1. The lowest BCUT2D eigenvalue weighted by atomic mass is 10.2. The van der Waals surface area contributed by atoms with Gasteiger partial charge in [-0.15, -0.1) is 0 Å². The summed E-state index contributed by atoms with van der Waals surface area (Å²) in [4.78, 5) is 0. The smallest absolute Gasteiger partial charge is 0.407 e. The SMILES string of the molecule is CCC1(F)Oc2ccc(C)cc2O1. The van der Waals surface area contributed by atoms with E-state index in [0.717, 1.165) is 5.56 Å². The van der Waals surface area contributed by atoms with Crippen LogP contribution >= 0.6 is 0 Å². The third-order valence-corrected chi connectivity index (χ3v) is 2.05. The second kappa shape index (κ2) is 2.62. The van der Waals surface area contributed by atoms with Gasteiger partial charge in [0.25, 0.3) is 0 Å². The van der Waals surface area contributed by atoms with Crippen molar-refractivity contribution in [2.75, 3.05) is 0 Å². The summed E-state index contributed by atoms with van der Waals surface area (Å²) in [7, 11) is 0. The van der Waals surface area contributed by atoms with Crippen LogP contribution in [0.4, 0.5) is 4.39 Å². The summed E-state index contributed by atoms with van der Waals surface area (Å²) in [6.45, 7) is 3.60. The molecule has 0 spiro atoms. The molecule has 1 aromatic rings. The maximum atomic E-state index is 13.5. The molecule has 2 nitrogen and oxygen atoms in total. The number of hydrogen-bond acceptors (Lipinski definition) is 2. The zero-order chi connectivity index (χ0) is 9.47. The van der Waals surface area contributed by atoms with Crippen LogP contribution in [-0.2, 0) is 0 Å². The van der Waals surface area contributed by atoms with Gasteiger partial charge in [0.1, 0.15) is 0 Å². The molecule has 3 heteroatoms. The van der Waals surface area contributed by atoms with Gasteiger partial charge in [-0.25, -0.2) is 0 Å². The quantitative estimate of drug-likeness (QED) is 0.664. The van der Waals surface area contributed by atoms with Crippen molar-refractivity contribution >= 4 is 0 Å². The van der Waals surface area contributed by atoms with E-state index in [-0.39, 0.29) is 6.42 Å². The third-order valence-electron chi connectivity index (χ3n) is 2.05. The highest BCUT2D eigenvalue weighted by Gasteiger charge is 2.40. The van der Waals surface area contributed by atoms with Gasteiger partial charge in [0.2, 0.25) is 0 Å². The average Bonchev–Trinajstić information content (AvgIpc) is 2.42. The minimum absolute atomic E-state index is 0.181. The molecular formula is C10H11FO2.